The molecule has 0 fully saturated rings. The zero-order valence-electron chi connectivity index (χ0n) is 11.6. The smallest absolute Gasteiger partial charge is 0.232 e. The lowest BCUT2D eigenvalue weighted by Gasteiger charge is -2.08. The molecule has 1 aromatic carbocycles. The largest absolute Gasteiger partial charge is 0.284 e. The SMILES string of the molecule is CCCCS(=O)(=O)Nc1cccc(-c2csc(C)n2)c1. The molecule has 20 heavy (non-hydrogen) atoms. The molecule has 0 bridgehead atoms. The van der Waals surface area contributed by atoms with Gasteiger partial charge in [0.15, 0.2) is 0 Å². The number of nitrogens with one attached hydrogen (secondary N) is 1. The van der Waals surface area contributed by atoms with E-state index in [0.717, 1.165) is 22.7 Å². The number of hydrogen-bond acceptors (Lipinski definition) is 4. The van der Waals surface area contributed by atoms with Crippen molar-refractivity contribution >= 4 is 27.0 Å². The summed E-state index contributed by atoms with van der Waals surface area (Å²) in [4.78, 5) is 4.41. The Bertz CT molecular complexity index is 678. The highest BCUT2D eigenvalue weighted by Gasteiger charge is 2.10. The summed E-state index contributed by atoms with van der Waals surface area (Å²) in [5, 5.41) is 2.97. The molecule has 1 N–H and O–H groups in total. The number of nitrogens with zero attached hydrogens (tertiary/aromatic N) is 1. The lowest BCUT2D eigenvalue weighted by atomic mass is 10.1. The number of sulfonamides is 1. The normalized spacial score (nSPS) is 11.5. The summed E-state index contributed by atoms with van der Waals surface area (Å²) in [7, 11) is -3.26. The van der Waals surface area contributed by atoms with Gasteiger partial charge < -0.3 is 0 Å². The van der Waals surface area contributed by atoms with Gasteiger partial charge in [0, 0.05) is 16.6 Å². The Balaban J connectivity index is 2.18. The van der Waals surface area contributed by atoms with Crippen LogP contribution >= 0.6 is 11.3 Å². The van der Waals surface area contributed by atoms with Crippen LogP contribution in [0.2, 0.25) is 0 Å². The predicted octanol–water partition coefficient (Wildman–Crippen LogP) is 3.66. The summed E-state index contributed by atoms with van der Waals surface area (Å²) in [6.07, 6.45) is 1.53. The molecule has 0 amide bonds. The zero-order valence-corrected chi connectivity index (χ0v) is 13.2. The van der Waals surface area contributed by atoms with E-state index in [1.54, 1.807) is 17.4 Å². The second kappa shape index (κ2) is 6.37. The third kappa shape index (κ3) is 4.05. The van der Waals surface area contributed by atoms with Crippen LogP contribution in [0.4, 0.5) is 5.69 Å². The van der Waals surface area contributed by atoms with E-state index < -0.39 is 10.0 Å². The zero-order chi connectivity index (χ0) is 14.6. The number of aromatic nitrogens is 1. The van der Waals surface area contributed by atoms with Crippen LogP contribution in [0.3, 0.4) is 0 Å². The molecule has 1 aromatic heterocycles. The highest BCUT2D eigenvalue weighted by molar-refractivity contribution is 7.92. The van der Waals surface area contributed by atoms with E-state index in [4.69, 9.17) is 0 Å². The summed E-state index contributed by atoms with van der Waals surface area (Å²) >= 11 is 1.58. The first-order valence-corrected chi connectivity index (χ1v) is 9.06. The second-order valence-corrected chi connectivity index (χ2v) is 7.51. The fourth-order valence-electron chi connectivity index (χ4n) is 1.80. The van der Waals surface area contributed by atoms with Crippen LogP contribution in [0, 0.1) is 6.92 Å². The maximum atomic E-state index is 11.9. The third-order valence-corrected chi connectivity index (χ3v) is 4.96. The van der Waals surface area contributed by atoms with Crippen molar-refractivity contribution in [3.63, 3.8) is 0 Å². The molecular formula is C14H18N2O2S2. The minimum absolute atomic E-state index is 0.156. The van der Waals surface area contributed by atoms with Crippen molar-refractivity contribution in [3.8, 4) is 11.3 Å². The van der Waals surface area contributed by atoms with Gasteiger partial charge >= 0.3 is 0 Å². The minimum Gasteiger partial charge on any atom is -0.284 e. The molecule has 2 rings (SSSR count). The van der Waals surface area contributed by atoms with Gasteiger partial charge in [0.25, 0.3) is 0 Å². The molecular weight excluding hydrogens is 292 g/mol. The summed E-state index contributed by atoms with van der Waals surface area (Å²) < 4.78 is 26.4. The second-order valence-electron chi connectivity index (χ2n) is 4.61. The van der Waals surface area contributed by atoms with Gasteiger partial charge in [-0.25, -0.2) is 13.4 Å². The lowest BCUT2D eigenvalue weighted by molar-refractivity contribution is 0.598. The van der Waals surface area contributed by atoms with Crippen molar-refractivity contribution in [3.05, 3.63) is 34.7 Å². The Hall–Kier alpha value is -1.40. The van der Waals surface area contributed by atoms with Gasteiger partial charge in [-0.1, -0.05) is 25.5 Å². The highest BCUT2D eigenvalue weighted by Crippen LogP contribution is 2.24. The van der Waals surface area contributed by atoms with E-state index in [9.17, 15) is 8.42 Å². The minimum atomic E-state index is -3.26. The molecule has 0 atom stereocenters. The van der Waals surface area contributed by atoms with Crippen LogP contribution < -0.4 is 4.72 Å². The number of benzene rings is 1. The first kappa shape index (κ1) is 15.0. The number of anilines is 1. The van der Waals surface area contributed by atoms with Crippen molar-refractivity contribution in [2.45, 2.75) is 26.7 Å². The fourth-order valence-corrected chi connectivity index (χ4v) is 3.68. The van der Waals surface area contributed by atoms with Crippen molar-refractivity contribution in [1.29, 1.82) is 0 Å². The molecule has 0 saturated carbocycles. The molecule has 0 unspecified atom stereocenters. The molecule has 0 saturated heterocycles. The quantitative estimate of drug-likeness (QED) is 0.885. The molecule has 0 aliphatic rings. The van der Waals surface area contributed by atoms with E-state index in [2.05, 4.69) is 9.71 Å². The van der Waals surface area contributed by atoms with Crippen LogP contribution in [0.15, 0.2) is 29.6 Å². The molecule has 0 spiro atoms. The number of rotatable bonds is 6. The molecule has 1 heterocycles. The van der Waals surface area contributed by atoms with E-state index in [1.165, 1.54) is 0 Å². The number of unbranched alkanes of at least 4 members (excludes halogenated alkanes) is 1. The Kier molecular flexibility index (Phi) is 4.77. The average molecular weight is 310 g/mol. The standard InChI is InChI=1S/C14H18N2O2S2/c1-3-4-8-20(17,18)16-13-7-5-6-12(9-13)14-10-19-11(2)15-14/h5-7,9-10,16H,3-4,8H2,1-2H3. The molecule has 0 radical (unpaired) electrons. The molecule has 6 heteroatoms. The van der Waals surface area contributed by atoms with Crippen LogP contribution in [-0.2, 0) is 10.0 Å². The Morgan fingerprint density at radius 2 is 2.15 bits per heavy atom. The number of hydrogen-bond donors (Lipinski definition) is 1. The molecule has 4 nitrogen and oxygen atoms in total. The van der Waals surface area contributed by atoms with Crippen LogP contribution in [0.5, 0.6) is 0 Å². The van der Waals surface area contributed by atoms with Gasteiger partial charge in [-0.05, 0) is 25.5 Å². The van der Waals surface area contributed by atoms with Gasteiger partial charge in [0.05, 0.1) is 16.5 Å². The van der Waals surface area contributed by atoms with Crippen molar-refractivity contribution in [2.75, 3.05) is 10.5 Å². The molecule has 0 aliphatic carbocycles. The topological polar surface area (TPSA) is 59.1 Å². The predicted molar refractivity (Wildman–Crippen MR) is 84.6 cm³/mol. The van der Waals surface area contributed by atoms with Crippen LogP contribution in [0.25, 0.3) is 11.3 Å². The van der Waals surface area contributed by atoms with E-state index >= 15 is 0 Å². The summed E-state index contributed by atoms with van der Waals surface area (Å²) in [5.74, 6) is 0.156. The Morgan fingerprint density at radius 3 is 2.80 bits per heavy atom. The van der Waals surface area contributed by atoms with E-state index in [1.807, 2.05) is 37.4 Å². The van der Waals surface area contributed by atoms with Gasteiger partial charge in [-0.2, -0.15) is 0 Å². The Labute approximate surface area is 123 Å². The fraction of sp³-hybridized carbons (Fsp3) is 0.357. The van der Waals surface area contributed by atoms with Gasteiger partial charge in [0.1, 0.15) is 0 Å². The van der Waals surface area contributed by atoms with Crippen molar-refractivity contribution in [1.82, 2.24) is 4.98 Å². The highest BCUT2D eigenvalue weighted by atomic mass is 32.2. The lowest BCUT2D eigenvalue weighted by Crippen LogP contribution is -2.16. The summed E-state index contributed by atoms with van der Waals surface area (Å²) in [6, 6.07) is 7.34. The van der Waals surface area contributed by atoms with Gasteiger partial charge in [-0.3, -0.25) is 4.72 Å². The molecule has 0 aliphatic heterocycles. The van der Waals surface area contributed by atoms with Crippen LogP contribution in [0.1, 0.15) is 24.8 Å². The molecule has 108 valence electrons. The first-order valence-electron chi connectivity index (χ1n) is 6.53. The average Bonchev–Trinajstić information content (AvgIpc) is 2.83. The van der Waals surface area contributed by atoms with Crippen molar-refractivity contribution in [2.24, 2.45) is 0 Å². The maximum absolute atomic E-state index is 11.9. The van der Waals surface area contributed by atoms with Crippen LogP contribution in [-0.4, -0.2) is 19.2 Å². The molecule has 2 aromatic rings. The maximum Gasteiger partial charge on any atom is 0.232 e. The van der Waals surface area contributed by atoms with Crippen molar-refractivity contribution < 1.29 is 8.42 Å². The first-order chi connectivity index (χ1) is 9.50. The van der Waals surface area contributed by atoms with E-state index in [0.29, 0.717) is 12.1 Å². The van der Waals surface area contributed by atoms with Gasteiger partial charge in [-0.15, -0.1) is 11.3 Å². The number of aryl methyl sites for hydroxylation is 1. The van der Waals surface area contributed by atoms with Gasteiger partial charge in [0.2, 0.25) is 10.0 Å². The monoisotopic (exact) mass is 310 g/mol. The Morgan fingerprint density at radius 1 is 1.35 bits per heavy atom. The number of thiazole rings is 1. The van der Waals surface area contributed by atoms with E-state index in [-0.39, 0.29) is 5.75 Å². The summed E-state index contributed by atoms with van der Waals surface area (Å²) in [5.41, 5.74) is 2.39. The summed E-state index contributed by atoms with van der Waals surface area (Å²) in [6.45, 7) is 3.92. The third-order valence-electron chi connectivity index (χ3n) is 2.82.